The molecule has 1 aliphatic rings. The Labute approximate surface area is 365 Å². The predicted molar refractivity (Wildman–Crippen MR) is 265 cm³/mol. The molecule has 0 saturated heterocycles. The molecule has 0 aliphatic heterocycles. The maximum atomic E-state index is 4.78. The number of aromatic nitrogens is 2. The summed E-state index contributed by atoms with van der Waals surface area (Å²) >= 11 is 0. The van der Waals surface area contributed by atoms with Gasteiger partial charge >= 0.3 is 0 Å². The van der Waals surface area contributed by atoms with Gasteiger partial charge in [0.25, 0.3) is 0 Å². The summed E-state index contributed by atoms with van der Waals surface area (Å²) < 4.78 is 2.33. The second-order valence-corrected chi connectivity index (χ2v) is 16.6. The van der Waals surface area contributed by atoms with E-state index in [0.29, 0.717) is 0 Å². The molecule has 0 fully saturated rings. The zero-order valence-electron chi connectivity index (χ0n) is 34.3. The number of benzene rings is 10. The van der Waals surface area contributed by atoms with Crippen LogP contribution in [0.5, 0.6) is 0 Å². The predicted octanol–water partition coefficient (Wildman–Crippen LogP) is 16.5. The minimum Gasteiger partial charge on any atom is -0.308 e. The van der Waals surface area contributed by atoms with Crippen LogP contribution in [-0.2, 0) is 0 Å². The monoisotopic (exact) mass is 798 g/mol. The second kappa shape index (κ2) is 14.1. The summed E-state index contributed by atoms with van der Waals surface area (Å²) in [7, 11) is 0. The lowest BCUT2D eigenvalue weighted by Gasteiger charge is -2.23. The molecule has 2 heteroatoms. The van der Waals surface area contributed by atoms with Gasteiger partial charge in [0.1, 0.15) is 0 Å². The summed E-state index contributed by atoms with van der Waals surface area (Å²) in [6, 6.07) is 82.3. The third-order valence-electron chi connectivity index (χ3n) is 13.2. The van der Waals surface area contributed by atoms with Crippen molar-refractivity contribution in [2.75, 3.05) is 0 Å². The highest BCUT2D eigenvalue weighted by Crippen LogP contribution is 2.59. The SMILES string of the molecule is c1ccc(-c2cc3c(-c4ccccc4)c4c(c(-c5ccccc5)c3cc2-c2ccccc2)-c2ccc(-c3ccc(-n5c6ccccc6c6ncccc65)cc3)c3cccc-4c23)cc1. The Morgan fingerprint density at radius 3 is 1.37 bits per heavy atom. The Bertz CT molecular complexity index is 3550. The molecule has 0 atom stereocenters. The number of fused-ring (bicyclic) bond motifs is 7. The van der Waals surface area contributed by atoms with Crippen LogP contribution < -0.4 is 0 Å². The standard InChI is InChI=1S/C61H38N2/c1-5-17-39(18-6-1)50-37-52-53(38-51(50)40-19-7-2-8-20-40)57(43-23-11-4-12-24-43)60-49-35-34-45(46-26-15-27-48(58(46)49)59(60)56(52)42-21-9-3-10-22-42)41-30-32-44(33-31-41)63-54-28-14-13-25-47(54)61-55(63)29-16-36-62-61/h1-38H. The smallest absolute Gasteiger partial charge is 0.0963 e. The summed E-state index contributed by atoms with van der Waals surface area (Å²) in [5.74, 6) is 0. The van der Waals surface area contributed by atoms with Crippen LogP contribution in [0.4, 0.5) is 0 Å². The van der Waals surface area contributed by atoms with E-state index in [-0.39, 0.29) is 0 Å². The maximum Gasteiger partial charge on any atom is 0.0963 e. The zero-order valence-corrected chi connectivity index (χ0v) is 34.3. The Kier molecular flexibility index (Phi) is 7.94. The molecule has 0 amide bonds. The second-order valence-electron chi connectivity index (χ2n) is 16.6. The molecule has 12 aromatic rings. The van der Waals surface area contributed by atoms with Crippen LogP contribution in [0.25, 0.3) is 127 Å². The highest BCUT2D eigenvalue weighted by Gasteiger charge is 2.32. The Hall–Kier alpha value is -8.33. The summed E-state index contributed by atoms with van der Waals surface area (Å²) in [4.78, 5) is 4.78. The van der Waals surface area contributed by atoms with Gasteiger partial charge in [-0.3, -0.25) is 4.98 Å². The van der Waals surface area contributed by atoms with Crippen molar-refractivity contribution in [3.05, 3.63) is 231 Å². The molecule has 0 radical (unpaired) electrons. The van der Waals surface area contributed by atoms with Gasteiger partial charge in [0.15, 0.2) is 0 Å². The molecule has 2 aromatic heterocycles. The molecule has 63 heavy (non-hydrogen) atoms. The topological polar surface area (TPSA) is 17.8 Å². The van der Waals surface area contributed by atoms with Crippen molar-refractivity contribution in [1.29, 1.82) is 0 Å². The Morgan fingerprint density at radius 2 is 0.762 bits per heavy atom. The fraction of sp³-hybridized carbons (Fsp3) is 0. The van der Waals surface area contributed by atoms with Gasteiger partial charge in [-0.25, -0.2) is 0 Å². The third-order valence-corrected chi connectivity index (χ3v) is 13.2. The van der Waals surface area contributed by atoms with Crippen molar-refractivity contribution in [1.82, 2.24) is 9.55 Å². The van der Waals surface area contributed by atoms with Gasteiger partial charge in [0.05, 0.1) is 16.6 Å². The highest BCUT2D eigenvalue weighted by molar-refractivity contribution is 6.29. The largest absolute Gasteiger partial charge is 0.308 e. The molecule has 0 saturated carbocycles. The van der Waals surface area contributed by atoms with E-state index in [9.17, 15) is 0 Å². The molecule has 292 valence electrons. The van der Waals surface area contributed by atoms with Gasteiger partial charge < -0.3 is 4.57 Å². The minimum absolute atomic E-state index is 1.02. The van der Waals surface area contributed by atoms with E-state index in [1.54, 1.807) is 0 Å². The number of nitrogens with zero attached hydrogens (tertiary/aromatic N) is 2. The van der Waals surface area contributed by atoms with E-state index in [2.05, 4.69) is 223 Å². The molecule has 1 aliphatic carbocycles. The number of hydrogen-bond donors (Lipinski definition) is 0. The average molecular weight is 799 g/mol. The number of rotatable bonds is 6. The normalized spacial score (nSPS) is 11.8. The first kappa shape index (κ1) is 35.4. The minimum atomic E-state index is 1.02. The Morgan fingerprint density at radius 1 is 0.286 bits per heavy atom. The van der Waals surface area contributed by atoms with Crippen molar-refractivity contribution in [2.24, 2.45) is 0 Å². The molecule has 0 bridgehead atoms. The van der Waals surface area contributed by atoms with Crippen molar-refractivity contribution in [3.63, 3.8) is 0 Å². The van der Waals surface area contributed by atoms with Crippen LogP contribution in [0, 0.1) is 0 Å². The van der Waals surface area contributed by atoms with Crippen molar-refractivity contribution < 1.29 is 0 Å². The van der Waals surface area contributed by atoms with Crippen LogP contribution >= 0.6 is 0 Å². The molecule has 0 unspecified atom stereocenters. The molecule has 2 nitrogen and oxygen atoms in total. The fourth-order valence-corrected chi connectivity index (χ4v) is 10.5. The number of pyridine rings is 1. The molecule has 0 N–H and O–H groups in total. The van der Waals surface area contributed by atoms with Gasteiger partial charge in [-0.05, 0) is 142 Å². The molecule has 2 heterocycles. The van der Waals surface area contributed by atoms with E-state index in [4.69, 9.17) is 4.98 Å². The molecular formula is C61H38N2. The van der Waals surface area contributed by atoms with Crippen LogP contribution in [-0.4, -0.2) is 9.55 Å². The van der Waals surface area contributed by atoms with Crippen molar-refractivity contribution in [2.45, 2.75) is 0 Å². The summed E-state index contributed by atoms with van der Waals surface area (Å²) in [5, 5.41) is 6.22. The molecule has 13 rings (SSSR count). The molecule has 0 spiro atoms. The van der Waals surface area contributed by atoms with Gasteiger partial charge in [0, 0.05) is 17.3 Å². The van der Waals surface area contributed by atoms with Crippen LogP contribution in [0.1, 0.15) is 0 Å². The van der Waals surface area contributed by atoms with E-state index < -0.39 is 0 Å². The first-order valence-electron chi connectivity index (χ1n) is 21.7. The van der Waals surface area contributed by atoms with Gasteiger partial charge in [-0.1, -0.05) is 182 Å². The van der Waals surface area contributed by atoms with Crippen molar-refractivity contribution in [3.8, 4) is 83.6 Å². The Balaban J connectivity index is 1.09. The summed E-state index contributed by atoms with van der Waals surface area (Å²) in [5.41, 5.74) is 21.8. The van der Waals surface area contributed by atoms with Crippen LogP contribution in [0.3, 0.4) is 0 Å². The van der Waals surface area contributed by atoms with Gasteiger partial charge in [-0.2, -0.15) is 0 Å². The van der Waals surface area contributed by atoms with Gasteiger partial charge in [0.2, 0.25) is 0 Å². The van der Waals surface area contributed by atoms with Crippen LogP contribution in [0.15, 0.2) is 231 Å². The van der Waals surface area contributed by atoms with Gasteiger partial charge in [-0.15, -0.1) is 0 Å². The first-order chi connectivity index (χ1) is 31.3. The maximum absolute atomic E-state index is 4.78. The lowest BCUT2D eigenvalue weighted by atomic mass is 9.80. The zero-order chi connectivity index (χ0) is 41.4. The van der Waals surface area contributed by atoms with Crippen LogP contribution in [0.2, 0.25) is 0 Å². The lowest BCUT2D eigenvalue weighted by Crippen LogP contribution is -1.96. The van der Waals surface area contributed by atoms with E-state index in [1.165, 1.54) is 99.4 Å². The molecule has 10 aromatic carbocycles. The average Bonchev–Trinajstić information content (AvgIpc) is 3.88. The van der Waals surface area contributed by atoms with E-state index >= 15 is 0 Å². The third kappa shape index (κ3) is 5.41. The van der Waals surface area contributed by atoms with Crippen molar-refractivity contribution >= 4 is 43.5 Å². The van der Waals surface area contributed by atoms with E-state index in [1.807, 2.05) is 12.3 Å². The molecular weight excluding hydrogens is 761 g/mol. The quantitative estimate of drug-likeness (QED) is 0.164. The first-order valence-corrected chi connectivity index (χ1v) is 21.7. The number of hydrogen-bond acceptors (Lipinski definition) is 1. The number of para-hydroxylation sites is 1. The fourth-order valence-electron chi connectivity index (χ4n) is 10.5. The lowest BCUT2D eigenvalue weighted by molar-refractivity contribution is 1.18. The highest BCUT2D eigenvalue weighted by atomic mass is 15.0. The van der Waals surface area contributed by atoms with E-state index in [0.717, 1.165) is 27.6 Å². The summed E-state index contributed by atoms with van der Waals surface area (Å²) in [6.45, 7) is 0. The summed E-state index contributed by atoms with van der Waals surface area (Å²) in [6.07, 6.45) is 1.88.